The summed E-state index contributed by atoms with van der Waals surface area (Å²) in [4.78, 5) is 15.5. The second-order valence-corrected chi connectivity index (χ2v) is 4.62. The van der Waals surface area contributed by atoms with Gasteiger partial charge in [-0.3, -0.25) is 4.57 Å². The van der Waals surface area contributed by atoms with Crippen LogP contribution in [0.25, 0.3) is 10.9 Å². The molecule has 0 unspecified atom stereocenters. The number of carbonyl (C=O) groups is 1. The first-order valence-electron chi connectivity index (χ1n) is 6.64. The molecule has 5 nitrogen and oxygen atoms in total. The van der Waals surface area contributed by atoms with E-state index in [1.165, 1.54) is 21.8 Å². The topological polar surface area (TPSA) is 51.9 Å². The summed E-state index contributed by atoms with van der Waals surface area (Å²) in [6.45, 7) is 1.53. The molecule has 20 heavy (non-hydrogen) atoms. The summed E-state index contributed by atoms with van der Waals surface area (Å²) in [6, 6.07) is 10.3. The molecule has 0 bridgehead atoms. The van der Waals surface area contributed by atoms with Crippen molar-refractivity contribution in [3.63, 3.8) is 0 Å². The van der Waals surface area contributed by atoms with Gasteiger partial charge in [-0.1, -0.05) is 18.2 Å². The molecule has 3 rings (SSSR count). The molecular weight excluding hydrogens is 252 g/mol. The number of para-hydroxylation sites is 1. The number of nitrogens with one attached hydrogen (secondary N) is 1. The zero-order valence-corrected chi connectivity index (χ0v) is 11.1. The molecule has 1 amide bonds. The molecule has 0 radical (unpaired) electrons. The van der Waals surface area contributed by atoms with Crippen LogP contribution in [0, 0.1) is 0 Å². The van der Waals surface area contributed by atoms with E-state index in [1.54, 1.807) is 12.4 Å². The highest BCUT2D eigenvalue weighted by Crippen LogP contribution is 2.15. The van der Waals surface area contributed by atoms with Crippen LogP contribution in [0.3, 0.4) is 0 Å². The van der Waals surface area contributed by atoms with Crippen molar-refractivity contribution in [1.29, 1.82) is 0 Å². The highest BCUT2D eigenvalue weighted by Gasteiger charge is 2.02. The van der Waals surface area contributed by atoms with E-state index in [-0.39, 0.29) is 6.03 Å². The van der Waals surface area contributed by atoms with E-state index in [9.17, 15) is 4.79 Å². The molecule has 0 aliphatic rings. The third kappa shape index (κ3) is 2.56. The lowest BCUT2D eigenvalue weighted by atomic mass is 10.2. The van der Waals surface area contributed by atoms with E-state index >= 15 is 0 Å². The monoisotopic (exact) mass is 268 g/mol. The third-order valence-corrected chi connectivity index (χ3v) is 3.27. The van der Waals surface area contributed by atoms with Crippen molar-refractivity contribution >= 4 is 16.9 Å². The molecule has 3 aromatic rings. The van der Waals surface area contributed by atoms with E-state index in [0.29, 0.717) is 6.54 Å². The minimum absolute atomic E-state index is 0.139. The van der Waals surface area contributed by atoms with Crippen molar-refractivity contribution in [1.82, 2.24) is 19.4 Å². The Labute approximate surface area is 116 Å². The van der Waals surface area contributed by atoms with Crippen molar-refractivity contribution in [2.75, 3.05) is 6.54 Å². The van der Waals surface area contributed by atoms with Gasteiger partial charge in [-0.2, -0.15) is 0 Å². The second-order valence-electron chi connectivity index (χ2n) is 4.62. The number of imidazole rings is 1. The SMILES string of the molecule is O=C(NCCCn1ccc2ccccc21)n1ccnc1. The summed E-state index contributed by atoms with van der Waals surface area (Å²) in [5.74, 6) is 0. The van der Waals surface area contributed by atoms with Crippen molar-refractivity contribution in [2.45, 2.75) is 13.0 Å². The zero-order chi connectivity index (χ0) is 13.8. The number of carbonyl (C=O) groups excluding carboxylic acids is 1. The van der Waals surface area contributed by atoms with Crippen LogP contribution in [0.1, 0.15) is 6.42 Å². The Hall–Kier alpha value is -2.56. The molecule has 1 N–H and O–H groups in total. The standard InChI is InChI=1S/C15H16N4O/c20-15(19-11-8-16-12-19)17-7-3-9-18-10-6-13-4-1-2-5-14(13)18/h1-2,4-6,8,10-12H,3,7,9H2,(H,17,20). The van der Waals surface area contributed by atoms with Gasteiger partial charge in [0, 0.05) is 37.2 Å². The quantitative estimate of drug-likeness (QED) is 0.739. The minimum Gasteiger partial charge on any atom is -0.347 e. The van der Waals surface area contributed by atoms with Crippen LogP contribution in [-0.4, -0.2) is 26.7 Å². The van der Waals surface area contributed by atoms with Gasteiger partial charge in [-0.05, 0) is 23.9 Å². The Morgan fingerprint density at radius 3 is 2.95 bits per heavy atom. The summed E-state index contributed by atoms with van der Waals surface area (Å²) in [5, 5.41) is 4.11. The molecular formula is C15H16N4O. The predicted molar refractivity (Wildman–Crippen MR) is 77.6 cm³/mol. The molecule has 102 valence electrons. The van der Waals surface area contributed by atoms with Gasteiger partial charge in [-0.25, -0.2) is 9.78 Å². The first-order chi connectivity index (χ1) is 9.84. The number of nitrogens with zero attached hydrogens (tertiary/aromatic N) is 3. The maximum Gasteiger partial charge on any atom is 0.326 e. The maximum atomic E-state index is 11.7. The normalized spacial score (nSPS) is 10.8. The number of rotatable bonds is 4. The molecule has 5 heteroatoms. The highest BCUT2D eigenvalue weighted by atomic mass is 16.2. The van der Waals surface area contributed by atoms with Gasteiger partial charge in [0.1, 0.15) is 6.33 Å². The maximum absolute atomic E-state index is 11.7. The average Bonchev–Trinajstić information content (AvgIpc) is 3.13. The van der Waals surface area contributed by atoms with Crippen LogP contribution in [-0.2, 0) is 6.54 Å². The number of benzene rings is 1. The second kappa shape index (κ2) is 5.61. The average molecular weight is 268 g/mol. The number of hydrogen-bond acceptors (Lipinski definition) is 2. The van der Waals surface area contributed by atoms with Crippen LogP contribution in [0.5, 0.6) is 0 Å². The Bertz CT molecular complexity index is 700. The van der Waals surface area contributed by atoms with Crippen LogP contribution < -0.4 is 5.32 Å². The molecule has 2 heterocycles. The summed E-state index contributed by atoms with van der Waals surface area (Å²) < 4.78 is 3.64. The summed E-state index contributed by atoms with van der Waals surface area (Å²) in [7, 11) is 0. The molecule has 2 aromatic heterocycles. The molecule has 0 saturated heterocycles. The fraction of sp³-hybridized carbons (Fsp3) is 0.200. The van der Waals surface area contributed by atoms with Gasteiger partial charge in [0.25, 0.3) is 0 Å². The van der Waals surface area contributed by atoms with Crippen molar-refractivity contribution in [2.24, 2.45) is 0 Å². The minimum atomic E-state index is -0.139. The summed E-state index contributed by atoms with van der Waals surface area (Å²) in [6.07, 6.45) is 7.69. The van der Waals surface area contributed by atoms with Gasteiger partial charge in [0.15, 0.2) is 0 Å². The smallest absolute Gasteiger partial charge is 0.326 e. The first kappa shape index (κ1) is 12.5. The fourth-order valence-electron chi connectivity index (χ4n) is 2.25. The van der Waals surface area contributed by atoms with Gasteiger partial charge < -0.3 is 9.88 Å². The molecule has 0 saturated carbocycles. The Balaban J connectivity index is 1.52. The Morgan fingerprint density at radius 1 is 1.20 bits per heavy atom. The lowest BCUT2D eigenvalue weighted by molar-refractivity contribution is 0.242. The lowest BCUT2D eigenvalue weighted by Crippen LogP contribution is -2.28. The van der Waals surface area contributed by atoms with E-state index in [2.05, 4.69) is 39.3 Å². The van der Waals surface area contributed by atoms with E-state index in [0.717, 1.165) is 13.0 Å². The number of aryl methyl sites for hydroxylation is 1. The molecule has 1 aromatic carbocycles. The number of fused-ring (bicyclic) bond motifs is 1. The van der Waals surface area contributed by atoms with Gasteiger partial charge in [-0.15, -0.1) is 0 Å². The Kier molecular flexibility index (Phi) is 3.50. The van der Waals surface area contributed by atoms with Crippen LogP contribution in [0.4, 0.5) is 4.79 Å². The molecule has 0 aliphatic heterocycles. The zero-order valence-electron chi connectivity index (χ0n) is 11.1. The molecule has 0 spiro atoms. The predicted octanol–water partition coefficient (Wildman–Crippen LogP) is 2.49. The first-order valence-corrected chi connectivity index (χ1v) is 6.64. The largest absolute Gasteiger partial charge is 0.347 e. The lowest BCUT2D eigenvalue weighted by Gasteiger charge is -2.07. The number of hydrogen-bond donors (Lipinski definition) is 1. The molecule has 0 fully saturated rings. The van der Waals surface area contributed by atoms with Crippen molar-refractivity contribution in [3.8, 4) is 0 Å². The van der Waals surface area contributed by atoms with Crippen molar-refractivity contribution in [3.05, 3.63) is 55.2 Å². The van der Waals surface area contributed by atoms with E-state index in [1.807, 2.05) is 12.1 Å². The number of aromatic nitrogens is 3. The Morgan fingerprint density at radius 2 is 2.10 bits per heavy atom. The summed E-state index contributed by atoms with van der Waals surface area (Å²) >= 11 is 0. The van der Waals surface area contributed by atoms with Crippen molar-refractivity contribution < 1.29 is 4.79 Å². The van der Waals surface area contributed by atoms with Crippen LogP contribution >= 0.6 is 0 Å². The van der Waals surface area contributed by atoms with Crippen LogP contribution in [0.2, 0.25) is 0 Å². The third-order valence-electron chi connectivity index (χ3n) is 3.27. The number of amides is 1. The van der Waals surface area contributed by atoms with E-state index in [4.69, 9.17) is 0 Å². The summed E-state index contributed by atoms with van der Waals surface area (Å²) in [5.41, 5.74) is 1.23. The molecule has 0 atom stereocenters. The van der Waals surface area contributed by atoms with Gasteiger partial charge >= 0.3 is 6.03 Å². The van der Waals surface area contributed by atoms with Gasteiger partial charge in [0.05, 0.1) is 0 Å². The fourth-order valence-corrected chi connectivity index (χ4v) is 2.25. The highest BCUT2D eigenvalue weighted by molar-refractivity contribution is 5.79. The van der Waals surface area contributed by atoms with Crippen LogP contribution in [0.15, 0.2) is 55.2 Å². The van der Waals surface area contributed by atoms with E-state index < -0.39 is 0 Å². The molecule has 0 aliphatic carbocycles. The van der Waals surface area contributed by atoms with Gasteiger partial charge in [0.2, 0.25) is 0 Å².